The summed E-state index contributed by atoms with van der Waals surface area (Å²) in [6.45, 7) is 1.10. The molecule has 1 aromatic rings. The number of amides is 1. The Morgan fingerprint density at radius 3 is 2.32 bits per heavy atom. The molecule has 118 valence electrons. The van der Waals surface area contributed by atoms with Crippen LogP contribution in [0.25, 0.3) is 0 Å². The molecule has 0 aliphatic heterocycles. The molecular weight excluding hydrogens is 295 g/mol. The summed E-state index contributed by atoms with van der Waals surface area (Å²) in [5.41, 5.74) is 0.307. The molecule has 0 saturated carbocycles. The molecule has 22 heavy (non-hydrogen) atoms. The van der Waals surface area contributed by atoms with E-state index in [0.29, 0.717) is 5.56 Å². The molecule has 1 aromatic carbocycles. The number of hydrogen-bond acceptors (Lipinski definition) is 4. The molecule has 1 amide bonds. The van der Waals surface area contributed by atoms with Crippen LogP contribution in [0.2, 0.25) is 0 Å². The molecule has 8 heteroatoms. The van der Waals surface area contributed by atoms with Gasteiger partial charge >= 0.3 is 5.97 Å². The SMILES string of the molecule is [B]C(=O)N[C@@H](Cc1cc(F)cc(F)c1)[C@@H](COC(C)=O)OC. The Morgan fingerprint density at radius 1 is 1.27 bits per heavy atom. The predicted molar refractivity (Wildman–Crippen MR) is 75.6 cm³/mol. The number of halogens is 2. The lowest BCUT2D eigenvalue weighted by Gasteiger charge is -2.26. The van der Waals surface area contributed by atoms with E-state index in [1.165, 1.54) is 14.0 Å². The number of methoxy groups -OCH3 is 1. The fraction of sp³-hybridized carbons (Fsp3) is 0.429. The Labute approximate surface area is 128 Å². The summed E-state index contributed by atoms with van der Waals surface area (Å²) in [7, 11) is 6.45. The van der Waals surface area contributed by atoms with Crippen LogP contribution in [0.15, 0.2) is 18.2 Å². The lowest BCUT2D eigenvalue weighted by atomic mass is 9.99. The first-order valence-corrected chi connectivity index (χ1v) is 6.49. The standard InChI is InChI=1S/C14H16BF2NO4/c1-8(19)22-7-13(21-2)12(18-14(15)20)5-9-3-10(16)6-11(17)4-9/h3-4,6,12-13H,5,7H2,1-2H3,(H,18,20)/t12-,13+/m0/s1. The summed E-state index contributed by atoms with van der Waals surface area (Å²) >= 11 is 0. The third kappa shape index (κ3) is 6.21. The average molecular weight is 311 g/mol. The lowest BCUT2D eigenvalue weighted by molar-refractivity contribution is -0.145. The van der Waals surface area contributed by atoms with Gasteiger partial charge in [-0.15, -0.1) is 0 Å². The number of ether oxygens (including phenoxy) is 2. The van der Waals surface area contributed by atoms with Crippen LogP contribution in [0.1, 0.15) is 12.5 Å². The second-order valence-corrected chi connectivity index (χ2v) is 4.67. The van der Waals surface area contributed by atoms with Crippen molar-refractivity contribution in [3.63, 3.8) is 0 Å². The van der Waals surface area contributed by atoms with Gasteiger partial charge in [0.15, 0.2) is 5.81 Å². The number of hydrogen-bond donors (Lipinski definition) is 1. The highest BCUT2D eigenvalue weighted by molar-refractivity contribution is 6.57. The quantitative estimate of drug-likeness (QED) is 0.609. The number of carbonyl (C=O) groups excluding carboxylic acids is 2. The minimum atomic E-state index is -0.827. The van der Waals surface area contributed by atoms with Crippen LogP contribution in [0.4, 0.5) is 13.6 Å². The zero-order chi connectivity index (χ0) is 16.7. The van der Waals surface area contributed by atoms with Gasteiger partial charge in [-0.1, -0.05) is 0 Å². The zero-order valence-corrected chi connectivity index (χ0v) is 12.3. The van der Waals surface area contributed by atoms with Crippen LogP contribution in [0.3, 0.4) is 0 Å². The number of esters is 1. The van der Waals surface area contributed by atoms with Crippen LogP contribution in [0.5, 0.6) is 0 Å². The van der Waals surface area contributed by atoms with E-state index in [1.807, 2.05) is 0 Å². The van der Waals surface area contributed by atoms with Crippen molar-refractivity contribution in [3.8, 4) is 0 Å². The monoisotopic (exact) mass is 311 g/mol. The van der Waals surface area contributed by atoms with Crippen molar-refractivity contribution in [2.45, 2.75) is 25.5 Å². The van der Waals surface area contributed by atoms with Crippen molar-refractivity contribution in [1.82, 2.24) is 5.32 Å². The van der Waals surface area contributed by atoms with Crippen molar-refractivity contribution < 1.29 is 27.8 Å². The van der Waals surface area contributed by atoms with Crippen molar-refractivity contribution >= 4 is 19.6 Å². The third-order valence-electron chi connectivity index (χ3n) is 2.91. The highest BCUT2D eigenvalue weighted by atomic mass is 19.1. The molecule has 2 radical (unpaired) electrons. The van der Waals surface area contributed by atoms with E-state index in [2.05, 4.69) is 5.32 Å². The first-order chi connectivity index (χ1) is 10.3. The van der Waals surface area contributed by atoms with Gasteiger partial charge in [-0.25, -0.2) is 8.78 Å². The highest BCUT2D eigenvalue weighted by Gasteiger charge is 2.24. The number of nitrogens with one attached hydrogen (secondary N) is 1. The summed E-state index contributed by atoms with van der Waals surface area (Å²) in [4.78, 5) is 22.0. The van der Waals surface area contributed by atoms with Crippen LogP contribution in [0, 0.1) is 11.6 Å². The number of rotatable bonds is 7. The van der Waals surface area contributed by atoms with E-state index in [-0.39, 0.29) is 13.0 Å². The minimum absolute atomic E-state index is 0.0530. The average Bonchev–Trinajstić information content (AvgIpc) is 2.36. The first-order valence-electron chi connectivity index (χ1n) is 6.49. The van der Waals surface area contributed by atoms with E-state index in [9.17, 15) is 18.4 Å². The molecule has 0 fully saturated rings. The molecule has 0 spiro atoms. The van der Waals surface area contributed by atoms with Gasteiger partial charge in [-0.3, -0.25) is 9.59 Å². The predicted octanol–water partition coefficient (Wildman–Crippen LogP) is 1.33. The van der Waals surface area contributed by atoms with E-state index < -0.39 is 35.6 Å². The zero-order valence-electron chi connectivity index (χ0n) is 12.3. The fourth-order valence-corrected chi connectivity index (χ4v) is 1.99. The van der Waals surface area contributed by atoms with Crippen LogP contribution < -0.4 is 5.32 Å². The third-order valence-corrected chi connectivity index (χ3v) is 2.91. The van der Waals surface area contributed by atoms with Crippen LogP contribution in [-0.4, -0.2) is 45.5 Å². The van der Waals surface area contributed by atoms with Gasteiger partial charge < -0.3 is 14.8 Å². The molecule has 1 rings (SSSR count). The molecule has 1 N–H and O–H groups in total. The molecule has 2 atom stereocenters. The van der Waals surface area contributed by atoms with Crippen molar-refractivity contribution in [3.05, 3.63) is 35.4 Å². The molecule has 0 bridgehead atoms. The van der Waals surface area contributed by atoms with Gasteiger partial charge in [-0.2, -0.15) is 0 Å². The maximum atomic E-state index is 13.2. The molecule has 0 saturated heterocycles. The van der Waals surface area contributed by atoms with Crippen molar-refractivity contribution in [2.75, 3.05) is 13.7 Å². The molecule has 0 aromatic heterocycles. The molecule has 5 nitrogen and oxygen atoms in total. The Bertz CT molecular complexity index is 521. The van der Waals surface area contributed by atoms with E-state index in [1.54, 1.807) is 0 Å². The molecular formula is C14H16BF2NO4. The first kappa shape index (κ1) is 18.1. The van der Waals surface area contributed by atoms with Crippen molar-refractivity contribution in [1.29, 1.82) is 0 Å². The largest absolute Gasteiger partial charge is 0.463 e. The van der Waals surface area contributed by atoms with E-state index in [0.717, 1.165) is 18.2 Å². The fourth-order valence-electron chi connectivity index (χ4n) is 1.99. The summed E-state index contributed by atoms with van der Waals surface area (Å²) in [6, 6.07) is 2.30. The second-order valence-electron chi connectivity index (χ2n) is 4.67. The Kier molecular flexibility index (Phi) is 6.97. The summed E-state index contributed by atoms with van der Waals surface area (Å²) in [5, 5.41) is 2.42. The minimum Gasteiger partial charge on any atom is -0.463 e. The van der Waals surface area contributed by atoms with Gasteiger partial charge in [0.2, 0.25) is 7.85 Å². The van der Waals surface area contributed by atoms with Gasteiger partial charge in [0.25, 0.3) is 0 Å². The summed E-state index contributed by atoms with van der Waals surface area (Å²) in [5.74, 6) is -2.81. The highest BCUT2D eigenvalue weighted by Crippen LogP contribution is 2.13. The maximum absolute atomic E-state index is 13.2. The van der Waals surface area contributed by atoms with Crippen molar-refractivity contribution in [2.24, 2.45) is 0 Å². The van der Waals surface area contributed by atoms with Gasteiger partial charge in [-0.05, 0) is 24.1 Å². The maximum Gasteiger partial charge on any atom is 0.302 e. The normalized spacial score (nSPS) is 13.3. The number of carbonyl (C=O) groups is 2. The Hall–Kier alpha value is -1.96. The van der Waals surface area contributed by atoms with E-state index in [4.69, 9.17) is 17.3 Å². The number of benzene rings is 1. The molecule has 0 unspecified atom stereocenters. The molecule has 0 aliphatic rings. The second kappa shape index (κ2) is 8.48. The summed E-state index contributed by atoms with van der Waals surface area (Å²) < 4.78 is 36.5. The lowest BCUT2D eigenvalue weighted by Crippen LogP contribution is -2.47. The van der Waals surface area contributed by atoms with Gasteiger partial charge in [0.1, 0.15) is 24.3 Å². The van der Waals surface area contributed by atoms with Crippen LogP contribution >= 0.6 is 0 Å². The van der Waals surface area contributed by atoms with Gasteiger partial charge in [0.05, 0.1) is 6.04 Å². The smallest absolute Gasteiger partial charge is 0.302 e. The van der Waals surface area contributed by atoms with E-state index >= 15 is 0 Å². The Morgan fingerprint density at radius 2 is 1.86 bits per heavy atom. The van der Waals surface area contributed by atoms with Crippen LogP contribution in [-0.2, 0) is 20.7 Å². The summed E-state index contributed by atoms with van der Waals surface area (Å²) in [6.07, 6.45) is -0.667. The molecule has 0 aliphatic carbocycles. The van der Waals surface area contributed by atoms with Gasteiger partial charge in [0, 0.05) is 20.1 Å². The topological polar surface area (TPSA) is 64.6 Å². The molecule has 0 heterocycles. The Balaban J connectivity index is 2.90.